The lowest BCUT2D eigenvalue weighted by molar-refractivity contribution is 0.519. The third-order valence-electron chi connectivity index (χ3n) is 4.48. The molecule has 2 atom stereocenters. The van der Waals surface area contributed by atoms with Crippen LogP contribution in [-0.2, 0) is 6.42 Å². The lowest BCUT2D eigenvalue weighted by Crippen LogP contribution is -2.06. The number of unbranched alkanes of at least 4 members (excludes halogenated alkanes) is 1. The molecule has 0 heteroatoms. The minimum atomic E-state index is 0.685. The minimum absolute atomic E-state index is 0.685. The zero-order chi connectivity index (χ0) is 13.1. The number of hydrogen-bond acceptors (Lipinski definition) is 0. The normalized spacial score (nSPS) is 21.3. The van der Waals surface area contributed by atoms with Crippen LogP contribution in [0.5, 0.6) is 0 Å². The van der Waals surface area contributed by atoms with Gasteiger partial charge in [-0.3, -0.25) is 0 Å². The van der Waals surface area contributed by atoms with Crippen molar-refractivity contribution in [2.24, 2.45) is 0 Å². The standard InChI is InChI=1S/C19H22/c1-2-3-12-18-17-13-8-7-11-16(17)14-19(18)15-9-5-4-6-10-15/h4-11,13,18-19H,2-3,12,14H2,1H3/t18-,19-/m1/s1. The maximum atomic E-state index is 2.35. The van der Waals surface area contributed by atoms with Gasteiger partial charge in [0.2, 0.25) is 0 Å². The molecule has 1 aliphatic carbocycles. The van der Waals surface area contributed by atoms with Gasteiger partial charge < -0.3 is 0 Å². The Hall–Kier alpha value is -1.56. The summed E-state index contributed by atoms with van der Waals surface area (Å²) in [7, 11) is 0. The van der Waals surface area contributed by atoms with Crippen LogP contribution in [0.4, 0.5) is 0 Å². The number of benzene rings is 2. The molecular weight excluding hydrogens is 228 g/mol. The predicted octanol–water partition coefficient (Wildman–Crippen LogP) is 5.30. The van der Waals surface area contributed by atoms with Crippen LogP contribution < -0.4 is 0 Å². The molecule has 0 aromatic heterocycles. The van der Waals surface area contributed by atoms with E-state index >= 15 is 0 Å². The lowest BCUT2D eigenvalue weighted by atomic mass is 9.83. The highest BCUT2D eigenvalue weighted by Gasteiger charge is 2.32. The fraction of sp³-hybridized carbons (Fsp3) is 0.368. The van der Waals surface area contributed by atoms with Gasteiger partial charge in [0.05, 0.1) is 0 Å². The van der Waals surface area contributed by atoms with E-state index in [0.29, 0.717) is 5.92 Å². The number of rotatable bonds is 4. The van der Waals surface area contributed by atoms with Gasteiger partial charge in [-0.15, -0.1) is 0 Å². The van der Waals surface area contributed by atoms with Crippen molar-refractivity contribution in [3.63, 3.8) is 0 Å². The van der Waals surface area contributed by atoms with Crippen molar-refractivity contribution >= 4 is 0 Å². The van der Waals surface area contributed by atoms with Crippen LogP contribution in [0.15, 0.2) is 54.6 Å². The zero-order valence-electron chi connectivity index (χ0n) is 11.7. The van der Waals surface area contributed by atoms with Crippen molar-refractivity contribution < 1.29 is 0 Å². The Morgan fingerprint density at radius 1 is 0.947 bits per heavy atom. The van der Waals surface area contributed by atoms with Crippen LogP contribution in [0.25, 0.3) is 0 Å². The summed E-state index contributed by atoms with van der Waals surface area (Å²) in [6, 6.07) is 20.1. The first kappa shape index (κ1) is 12.5. The fourth-order valence-corrected chi connectivity index (χ4v) is 3.51. The third kappa shape index (κ3) is 2.45. The average molecular weight is 250 g/mol. The maximum absolute atomic E-state index is 2.35. The van der Waals surface area contributed by atoms with Crippen molar-refractivity contribution in [1.29, 1.82) is 0 Å². The van der Waals surface area contributed by atoms with E-state index in [2.05, 4.69) is 61.5 Å². The van der Waals surface area contributed by atoms with Gasteiger partial charge in [0, 0.05) is 0 Å². The van der Waals surface area contributed by atoms with Gasteiger partial charge in [-0.2, -0.15) is 0 Å². The molecule has 0 N–H and O–H groups in total. The van der Waals surface area contributed by atoms with E-state index < -0.39 is 0 Å². The van der Waals surface area contributed by atoms with Crippen molar-refractivity contribution in [1.82, 2.24) is 0 Å². The Morgan fingerprint density at radius 2 is 1.68 bits per heavy atom. The minimum Gasteiger partial charge on any atom is -0.0654 e. The summed E-state index contributed by atoms with van der Waals surface area (Å²) in [6.45, 7) is 2.29. The molecule has 1 aliphatic rings. The highest BCUT2D eigenvalue weighted by Crippen LogP contribution is 2.46. The van der Waals surface area contributed by atoms with Crippen LogP contribution in [0.1, 0.15) is 54.7 Å². The second-order valence-corrected chi connectivity index (χ2v) is 5.67. The summed E-state index contributed by atoms with van der Waals surface area (Å²) in [5, 5.41) is 0. The number of fused-ring (bicyclic) bond motifs is 1. The van der Waals surface area contributed by atoms with E-state index in [-0.39, 0.29) is 0 Å². The van der Waals surface area contributed by atoms with Crippen LogP contribution in [0.3, 0.4) is 0 Å². The predicted molar refractivity (Wildman–Crippen MR) is 81.6 cm³/mol. The Kier molecular flexibility index (Phi) is 3.68. The van der Waals surface area contributed by atoms with Crippen molar-refractivity contribution in [3.8, 4) is 0 Å². The van der Waals surface area contributed by atoms with Crippen molar-refractivity contribution in [3.05, 3.63) is 71.3 Å². The Labute approximate surface area is 116 Å². The molecule has 98 valence electrons. The summed E-state index contributed by atoms with van der Waals surface area (Å²) in [5.74, 6) is 1.41. The third-order valence-corrected chi connectivity index (χ3v) is 4.48. The van der Waals surface area contributed by atoms with E-state index in [1.807, 2.05) is 0 Å². The molecule has 0 radical (unpaired) electrons. The monoisotopic (exact) mass is 250 g/mol. The largest absolute Gasteiger partial charge is 0.0654 e. The van der Waals surface area contributed by atoms with E-state index in [0.717, 1.165) is 5.92 Å². The van der Waals surface area contributed by atoms with E-state index in [1.54, 1.807) is 11.1 Å². The van der Waals surface area contributed by atoms with Crippen molar-refractivity contribution in [2.45, 2.75) is 44.4 Å². The summed E-state index contributed by atoms with van der Waals surface area (Å²) in [6.07, 6.45) is 5.17. The Morgan fingerprint density at radius 3 is 2.47 bits per heavy atom. The smallest absolute Gasteiger partial charge is 0.00524 e. The molecule has 0 spiro atoms. The average Bonchev–Trinajstić information content (AvgIpc) is 2.85. The van der Waals surface area contributed by atoms with Gasteiger partial charge in [-0.1, -0.05) is 74.4 Å². The highest BCUT2D eigenvalue weighted by molar-refractivity contribution is 5.41. The summed E-state index contributed by atoms with van der Waals surface area (Å²) >= 11 is 0. The van der Waals surface area contributed by atoms with Gasteiger partial charge in [0.15, 0.2) is 0 Å². The number of hydrogen-bond donors (Lipinski definition) is 0. The zero-order valence-corrected chi connectivity index (χ0v) is 11.7. The molecule has 2 aromatic rings. The first-order chi connectivity index (χ1) is 9.40. The van der Waals surface area contributed by atoms with Crippen LogP contribution in [-0.4, -0.2) is 0 Å². The summed E-state index contributed by atoms with van der Waals surface area (Å²) < 4.78 is 0. The molecule has 0 nitrogen and oxygen atoms in total. The molecular formula is C19H22. The lowest BCUT2D eigenvalue weighted by Gasteiger charge is -2.21. The fourth-order valence-electron chi connectivity index (χ4n) is 3.51. The topological polar surface area (TPSA) is 0 Å². The quantitative estimate of drug-likeness (QED) is 0.690. The SMILES string of the molecule is CCCC[C@@H]1c2ccccc2C[C@@H]1c1ccccc1. The molecule has 0 heterocycles. The van der Waals surface area contributed by atoms with Crippen molar-refractivity contribution in [2.75, 3.05) is 0 Å². The second-order valence-electron chi connectivity index (χ2n) is 5.67. The molecule has 0 aliphatic heterocycles. The first-order valence-corrected chi connectivity index (χ1v) is 7.53. The first-order valence-electron chi connectivity index (χ1n) is 7.53. The van der Waals surface area contributed by atoms with Gasteiger partial charge in [-0.25, -0.2) is 0 Å². The molecule has 2 aromatic carbocycles. The molecule has 0 amide bonds. The van der Waals surface area contributed by atoms with Crippen LogP contribution >= 0.6 is 0 Å². The molecule has 19 heavy (non-hydrogen) atoms. The summed E-state index contributed by atoms with van der Waals surface area (Å²) in [4.78, 5) is 0. The molecule has 0 unspecified atom stereocenters. The molecule has 3 rings (SSSR count). The van der Waals surface area contributed by atoms with Gasteiger partial charge in [0.25, 0.3) is 0 Å². The van der Waals surface area contributed by atoms with E-state index in [9.17, 15) is 0 Å². The van der Waals surface area contributed by atoms with Crippen LogP contribution in [0, 0.1) is 0 Å². The Bertz CT molecular complexity index is 527. The van der Waals surface area contributed by atoms with E-state index in [1.165, 1.54) is 31.2 Å². The van der Waals surface area contributed by atoms with Gasteiger partial charge in [-0.05, 0) is 41.4 Å². The maximum Gasteiger partial charge on any atom is -0.00524 e. The Balaban J connectivity index is 1.93. The van der Waals surface area contributed by atoms with E-state index in [4.69, 9.17) is 0 Å². The highest BCUT2D eigenvalue weighted by atomic mass is 14.4. The molecule has 0 saturated carbocycles. The van der Waals surface area contributed by atoms with Crippen LogP contribution in [0.2, 0.25) is 0 Å². The molecule has 0 bridgehead atoms. The molecule has 0 saturated heterocycles. The van der Waals surface area contributed by atoms with Gasteiger partial charge in [0.1, 0.15) is 0 Å². The van der Waals surface area contributed by atoms with Gasteiger partial charge >= 0.3 is 0 Å². The molecule has 0 fully saturated rings. The summed E-state index contributed by atoms with van der Waals surface area (Å²) in [5.41, 5.74) is 4.68. The second kappa shape index (κ2) is 5.61.